The van der Waals surface area contributed by atoms with Crippen molar-refractivity contribution >= 4 is 5.96 Å². The number of guanidine groups is 1. The van der Waals surface area contributed by atoms with Crippen LogP contribution in [0.3, 0.4) is 0 Å². The molecule has 0 atom stereocenters. The first-order chi connectivity index (χ1) is 9.20. The molecule has 0 rings (SSSR count). The van der Waals surface area contributed by atoms with Crippen LogP contribution in [-0.2, 0) is 9.47 Å². The van der Waals surface area contributed by atoms with Crippen molar-refractivity contribution in [3.8, 4) is 0 Å². The van der Waals surface area contributed by atoms with Gasteiger partial charge in [-0.3, -0.25) is 4.99 Å². The Morgan fingerprint density at radius 3 is 2.35 bits per heavy atom. The van der Waals surface area contributed by atoms with E-state index < -0.39 is 12.8 Å². The van der Waals surface area contributed by atoms with Crippen LogP contribution in [0.4, 0.5) is 13.2 Å². The lowest BCUT2D eigenvalue weighted by Crippen LogP contribution is -2.45. The zero-order chi connectivity index (χ0) is 15.6. The maximum Gasteiger partial charge on any atom is 0.411 e. The van der Waals surface area contributed by atoms with Crippen LogP contribution in [-0.4, -0.2) is 58.2 Å². The van der Waals surface area contributed by atoms with Crippen LogP contribution in [0.25, 0.3) is 0 Å². The summed E-state index contributed by atoms with van der Waals surface area (Å²) in [5.41, 5.74) is -0.326. The molecule has 0 bridgehead atoms. The Morgan fingerprint density at radius 2 is 1.85 bits per heavy atom. The molecule has 0 radical (unpaired) electrons. The SMILES string of the molecule is CN=C(NCCCOCC(F)(F)F)NCC(C)(C)OC. The van der Waals surface area contributed by atoms with Crippen molar-refractivity contribution in [3.63, 3.8) is 0 Å². The van der Waals surface area contributed by atoms with E-state index in [1.807, 2.05) is 13.8 Å². The number of methoxy groups -OCH3 is 1. The van der Waals surface area contributed by atoms with E-state index in [1.165, 1.54) is 0 Å². The Bertz CT molecular complexity index is 294. The molecule has 0 aromatic heterocycles. The molecule has 0 aliphatic rings. The second-order valence-electron chi connectivity index (χ2n) is 4.84. The van der Waals surface area contributed by atoms with Crippen LogP contribution < -0.4 is 10.6 Å². The molecule has 0 aliphatic carbocycles. The molecule has 0 amide bonds. The standard InChI is InChI=1S/C12H24F3N3O2/c1-11(2,19-4)8-18-10(16-3)17-6-5-7-20-9-12(13,14)15/h5-9H2,1-4H3,(H2,16,17,18). The maximum absolute atomic E-state index is 11.8. The first kappa shape index (κ1) is 19.0. The molecule has 2 N–H and O–H groups in total. The second-order valence-corrected chi connectivity index (χ2v) is 4.84. The fourth-order valence-corrected chi connectivity index (χ4v) is 1.16. The van der Waals surface area contributed by atoms with Crippen molar-refractivity contribution in [2.45, 2.75) is 32.0 Å². The molecule has 0 saturated carbocycles. The fourth-order valence-electron chi connectivity index (χ4n) is 1.16. The largest absolute Gasteiger partial charge is 0.411 e. The van der Waals surface area contributed by atoms with Gasteiger partial charge in [0.1, 0.15) is 6.61 Å². The lowest BCUT2D eigenvalue weighted by molar-refractivity contribution is -0.173. The Labute approximate surface area is 117 Å². The number of hydrogen-bond donors (Lipinski definition) is 2. The maximum atomic E-state index is 11.8. The van der Waals surface area contributed by atoms with Crippen LogP contribution >= 0.6 is 0 Å². The van der Waals surface area contributed by atoms with Crippen LogP contribution in [0.2, 0.25) is 0 Å². The highest BCUT2D eigenvalue weighted by atomic mass is 19.4. The van der Waals surface area contributed by atoms with E-state index in [4.69, 9.17) is 4.74 Å². The van der Waals surface area contributed by atoms with Crippen molar-refractivity contribution in [3.05, 3.63) is 0 Å². The fraction of sp³-hybridized carbons (Fsp3) is 0.917. The van der Waals surface area contributed by atoms with Crippen molar-refractivity contribution in [2.24, 2.45) is 4.99 Å². The number of nitrogens with one attached hydrogen (secondary N) is 2. The molecule has 8 heteroatoms. The molecule has 5 nitrogen and oxygen atoms in total. The zero-order valence-corrected chi connectivity index (χ0v) is 12.4. The predicted molar refractivity (Wildman–Crippen MR) is 71.9 cm³/mol. The van der Waals surface area contributed by atoms with Crippen LogP contribution in [0.1, 0.15) is 20.3 Å². The van der Waals surface area contributed by atoms with E-state index in [-0.39, 0.29) is 12.2 Å². The van der Waals surface area contributed by atoms with Gasteiger partial charge >= 0.3 is 6.18 Å². The summed E-state index contributed by atoms with van der Waals surface area (Å²) >= 11 is 0. The van der Waals surface area contributed by atoms with Crippen LogP contribution in [0, 0.1) is 0 Å². The summed E-state index contributed by atoms with van der Waals surface area (Å²) in [6.07, 6.45) is -3.80. The number of ether oxygens (including phenoxy) is 2. The van der Waals surface area contributed by atoms with E-state index >= 15 is 0 Å². The molecule has 0 unspecified atom stereocenters. The van der Waals surface area contributed by atoms with E-state index in [1.54, 1.807) is 14.2 Å². The van der Waals surface area contributed by atoms with Crippen LogP contribution in [0.5, 0.6) is 0 Å². The number of aliphatic imine (C=N–C) groups is 1. The Kier molecular flexibility index (Phi) is 8.56. The van der Waals surface area contributed by atoms with Crippen molar-refractivity contribution in [2.75, 3.05) is 40.5 Å². The quantitative estimate of drug-likeness (QED) is 0.406. The minimum Gasteiger partial charge on any atom is -0.377 e. The van der Waals surface area contributed by atoms with E-state index in [0.717, 1.165) is 0 Å². The predicted octanol–water partition coefficient (Wildman–Crippen LogP) is 1.55. The van der Waals surface area contributed by atoms with Crippen molar-refractivity contribution in [1.82, 2.24) is 10.6 Å². The van der Waals surface area contributed by atoms with Gasteiger partial charge in [-0.1, -0.05) is 0 Å². The number of alkyl halides is 3. The summed E-state index contributed by atoms with van der Waals surface area (Å²) in [4.78, 5) is 4.00. The molecule has 0 fully saturated rings. The summed E-state index contributed by atoms with van der Waals surface area (Å²) in [6.45, 7) is 3.74. The molecule has 0 saturated heterocycles. The molecule has 0 aliphatic heterocycles. The third-order valence-electron chi connectivity index (χ3n) is 2.48. The van der Waals surface area contributed by atoms with Gasteiger partial charge in [0, 0.05) is 33.9 Å². The van der Waals surface area contributed by atoms with Gasteiger partial charge in [0.2, 0.25) is 0 Å². The third-order valence-corrected chi connectivity index (χ3v) is 2.48. The molecule has 0 spiro atoms. The minimum atomic E-state index is -4.27. The number of hydrogen-bond acceptors (Lipinski definition) is 3. The minimum absolute atomic E-state index is 0.0487. The summed E-state index contributed by atoms with van der Waals surface area (Å²) in [6, 6.07) is 0. The van der Waals surface area contributed by atoms with E-state index in [2.05, 4.69) is 20.4 Å². The van der Waals surface area contributed by atoms with E-state index in [9.17, 15) is 13.2 Å². The highest BCUT2D eigenvalue weighted by Gasteiger charge is 2.27. The number of rotatable bonds is 8. The average Bonchev–Trinajstić information content (AvgIpc) is 2.35. The van der Waals surface area contributed by atoms with Gasteiger partial charge in [-0.15, -0.1) is 0 Å². The van der Waals surface area contributed by atoms with Gasteiger partial charge in [-0.05, 0) is 20.3 Å². The zero-order valence-electron chi connectivity index (χ0n) is 12.4. The number of nitrogens with zero attached hydrogens (tertiary/aromatic N) is 1. The molecule has 0 heterocycles. The molecule has 20 heavy (non-hydrogen) atoms. The number of halogens is 3. The second kappa shape index (κ2) is 9.02. The molecule has 0 aromatic rings. The van der Waals surface area contributed by atoms with Crippen molar-refractivity contribution < 1.29 is 22.6 Å². The van der Waals surface area contributed by atoms with Gasteiger partial charge in [0.25, 0.3) is 0 Å². The third kappa shape index (κ3) is 10.9. The lowest BCUT2D eigenvalue weighted by atomic mass is 10.1. The summed E-state index contributed by atoms with van der Waals surface area (Å²) < 4.78 is 45.2. The smallest absolute Gasteiger partial charge is 0.377 e. The first-order valence-corrected chi connectivity index (χ1v) is 6.34. The molecular formula is C12H24F3N3O2. The molecular weight excluding hydrogens is 275 g/mol. The Morgan fingerprint density at radius 1 is 1.20 bits per heavy atom. The normalized spacial score (nSPS) is 13.4. The Hall–Kier alpha value is -1.02. The van der Waals surface area contributed by atoms with Crippen LogP contribution in [0.15, 0.2) is 4.99 Å². The van der Waals surface area contributed by atoms with Gasteiger partial charge in [-0.2, -0.15) is 13.2 Å². The summed E-state index contributed by atoms with van der Waals surface area (Å²) in [5.74, 6) is 0.575. The molecule has 120 valence electrons. The summed E-state index contributed by atoms with van der Waals surface area (Å²) in [5, 5.41) is 6.05. The Balaban J connectivity index is 3.72. The lowest BCUT2D eigenvalue weighted by Gasteiger charge is -2.24. The van der Waals surface area contributed by atoms with Gasteiger partial charge in [0.15, 0.2) is 5.96 Å². The van der Waals surface area contributed by atoms with Crippen molar-refractivity contribution in [1.29, 1.82) is 0 Å². The van der Waals surface area contributed by atoms with E-state index in [0.29, 0.717) is 25.5 Å². The van der Waals surface area contributed by atoms with Gasteiger partial charge in [-0.25, -0.2) is 0 Å². The molecule has 0 aromatic carbocycles. The van der Waals surface area contributed by atoms with Gasteiger partial charge < -0.3 is 20.1 Å². The first-order valence-electron chi connectivity index (χ1n) is 6.34. The summed E-state index contributed by atoms with van der Waals surface area (Å²) in [7, 11) is 3.24. The highest BCUT2D eigenvalue weighted by Crippen LogP contribution is 2.14. The topological polar surface area (TPSA) is 54.9 Å². The monoisotopic (exact) mass is 299 g/mol. The average molecular weight is 299 g/mol. The van der Waals surface area contributed by atoms with Gasteiger partial charge in [0.05, 0.1) is 5.60 Å². The highest BCUT2D eigenvalue weighted by molar-refractivity contribution is 5.79.